The van der Waals surface area contributed by atoms with E-state index in [1.54, 1.807) is 0 Å². The first-order valence-electron chi connectivity index (χ1n) is 4.58. The maximum atomic E-state index is 10.6. The van der Waals surface area contributed by atoms with E-state index in [0.29, 0.717) is 5.92 Å². The van der Waals surface area contributed by atoms with Crippen LogP contribution in [-0.2, 0) is 4.79 Å². The van der Waals surface area contributed by atoms with Crippen molar-refractivity contribution in [2.75, 3.05) is 6.54 Å². The van der Waals surface area contributed by atoms with E-state index < -0.39 is 0 Å². The molecule has 1 saturated heterocycles. The van der Waals surface area contributed by atoms with Gasteiger partial charge in [0, 0.05) is 5.92 Å². The highest BCUT2D eigenvalue weighted by Crippen LogP contribution is 2.26. The Bertz CT molecular complexity index is 283. The number of benzene rings is 1. The molecule has 2 rings (SSSR count). The minimum absolute atomic E-state index is 0.109. The maximum Gasteiger partial charge on any atom is 0.217 e. The number of nitrogens with one attached hydrogen (secondary N) is 1. The molecule has 1 aliphatic rings. The highest BCUT2D eigenvalue weighted by atomic mass is 16.1. The molecule has 2 atom stereocenters. The molecule has 0 amide bonds. The van der Waals surface area contributed by atoms with Gasteiger partial charge in [-0.2, -0.15) is 0 Å². The Morgan fingerprint density at radius 3 is 2.77 bits per heavy atom. The third-order valence-electron chi connectivity index (χ3n) is 2.58. The number of hydrogen-bond acceptors (Lipinski definition) is 2. The van der Waals surface area contributed by atoms with E-state index in [0.717, 1.165) is 13.0 Å². The van der Waals surface area contributed by atoms with Gasteiger partial charge in [0.25, 0.3) is 0 Å². The van der Waals surface area contributed by atoms with E-state index in [-0.39, 0.29) is 6.04 Å². The lowest BCUT2D eigenvalue weighted by atomic mass is 9.93. The van der Waals surface area contributed by atoms with Gasteiger partial charge in [-0.25, -0.2) is 0 Å². The molecule has 2 nitrogen and oxygen atoms in total. The molecule has 1 radical (unpaired) electrons. The Balaban J connectivity index is 2.21. The summed E-state index contributed by atoms with van der Waals surface area (Å²) in [4.78, 5) is 10.6. The van der Waals surface area contributed by atoms with Crippen molar-refractivity contribution < 1.29 is 4.79 Å². The lowest BCUT2D eigenvalue weighted by Crippen LogP contribution is -2.27. The zero-order valence-corrected chi connectivity index (χ0v) is 7.36. The summed E-state index contributed by atoms with van der Waals surface area (Å²) in [5.74, 6) is 0.318. The Morgan fingerprint density at radius 2 is 2.08 bits per heavy atom. The molecule has 1 heterocycles. The van der Waals surface area contributed by atoms with Crippen molar-refractivity contribution in [2.24, 2.45) is 0 Å². The van der Waals surface area contributed by atoms with Crippen molar-refractivity contribution in [1.29, 1.82) is 0 Å². The van der Waals surface area contributed by atoms with Gasteiger partial charge in [0.05, 0.1) is 6.04 Å². The van der Waals surface area contributed by atoms with Crippen molar-refractivity contribution in [3.05, 3.63) is 35.9 Å². The van der Waals surface area contributed by atoms with Crippen molar-refractivity contribution >= 4 is 6.29 Å². The minimum atomic E-state index is -0.109. The van der Waals surface area contributed by atoms with Gasteiger partial charge in [-0.05, 0) is 18.5 Å². The van der Waals surface area contributed by atoms with Crippen LogP contribution < -0.4 is 5.32 Å². The summed E-state index contributed by atoms with van der Waals surface area (Å²) in [6.07, 6.45) is 3.08. The van der Waals surface area contributed by atoms with Gasteiger partial charge in [0.15, 0.2) is 0 Å². The first-order valence-corrected chi connectivity index (χ1v) is 4.58. The average Bonchev–Trinajstić information content (AvgIpc) is 2.67. The normalized spacial score (nSPS) is 27.4. The highest BCUT2D eigenvalue weighted by molar-refractivity contribution is 5.61. The largest absolute Gasteiger partial charge is 0.307 e. The summed E-state index contributed by atoms with van der Waals surface area (Å²) in [5.41, 5.74) is 1.24. The van der Waals surface area contributed by atoms with Gasteiger partial charge in [0.2, 0.25) is 6.29 Å². The summed E-state index contributed by atoms with van der Waals surface area (Å²) in [6.45, 7) is 0.916. The van der Waals surface area contributed by atoms with Gasteiger partial charge >= 0.3 is 0 Å². The molecular formula is C11H12NO. The lowest BCUT2D eigenvalue weighted by Gasteiger charge is -2.12. The van der Waals surface area contributed by atoms with Gasteiger partial charge in [-0.1, -0.05) is 30.3 Å². The van der Waals surface area contributed by atoms with Crippen LogP contribution in [0.2, 0.25) is 0 Å². The zero-order valence-electron chi connectivity index (χ0n) is 7.36. The smallest absolute Gasteiger partial charge is 0.217 e. The lowest BCUT2D eigenvalue weighted by molar-refractivity contribution is 0.523. The van der Waals surface area contributed by atoms with Crippen LogP contribution in [0.4, 0.5) is 0 Å². The second-order valence-electron chi connectivity index (χ2n) is 3.36. The average molecular weight is 174 g/mol. The number of hydrogen-bond donors (Lipinski definition) is 1. The van der Waals surface area contributed by atoms with Gasteiger partial charge in [-0.15, -0.1) is 0 Å². The molecule has 1 fully saturated rings. The molecule has 0 saturated carbocycles. The van der Waals surface area contributed by atoms with Crippen molar-refractivity contribution in [2.45, 2.75) is 18.4 Å². The van der Waals surface area contributed by atoms with Crippen LogP contribution in [0.25, 0.3) is 0 Å². The van der Waals surface area contributed by atoms with Crippen LogP contribution in [0.1, 0.15) is 17.9 Å². The predicted octanol–water partition coefficient (Wildman–Crippen LogP) is 1.24. The standard InChI is InChI=1S/C11H12NO/c13-8-11-10(6-7-12-11)9-4-2-1-3-5-9/h1-5,10-12H,6-7H2. The SMILES string of the molecule is O=[C]C1NCCC1c1ccccc1. The first-order chi connectivity index (χ1) is 6.42. The second kappa shape index (κ2) is 3.71. The van der Waals surface area contributed by atoms with Crippen LogP contribution in [-0.4, -0.2) is 18.9 Å². The van der Waals surface area contributed by atoms with E-state index in [2.05, 4.69) is 23.7 Å². The fraction of sp³-hybridized carbons (Fsp3) is 0.364. The fourth-order valence-electron chi connectivity index (χ4n) is 1.89. The van der Waals surface area contributed by atoms with Crippen LogP contribution in [0.15, 0.2) is 30.3 Å². The van der Waals surface area contributed by atoms with Crippen LogP contribution in [0, 0.1) is 0 Å². The maximum absolute atomic E-state index is 10.6. The first kappa shape index (κ1) is 8.45. The Hall–Kier alpha value is -1.15. The van der Waals surface area contributed by atoms with E-state index >= 15 is 0 Å². The topological polar surface area (TPSA) is 29.1 Å². The summed E-state index contributed by atoms with van der Waals surface area (Å²) in [6, 6.07) is 10.0. The molecule has 0 spiro atoms. The fourth-order valence-corrected chi connectivity index (χ4v) is 1.89. The molecule has 2 unspecified atom stereocenters. The molecule has 1 aromatic rings. The molecule has 0 aliphatic carbocycles. The Labute approximate surface area is 78.0 Å². The van der Waals surface area contributed by atoms with Gasteiger partial charge in [-0.3, -0.25) is 4.79 Å². The molecule has 0 bridgehead atoms. The third kappa shape index (κ3) is 1.63. The van der Waals surface area contributed by atoms with Crippen molar-refractivity contribution in [3.8, 4) is 0 Å². The zero-order chi connectivity index (χ0) is 9.10. The summed E-state index contributed by atoms with van der Waals surface area (Å²) in [7, 11) is 0. The molecule has 0 aromatic heterocycles. The van der Waals surface area contributed by atoms with E-state index in [1.807, 2.05) is 18.2 Å². The second-order valence-corrected chi connectivity index (χ2v) is 3.36. The molecule has 1 N–H and O–H groups in total. The predicted molar refractivity (Wildman–Crippen MR) is 51.3 cm³/mol. The quantitative estimate of drug-likeness (QED) is 0.731. The van der Waals surface area contributed by atoms with E-state index in [4.69, 9.17) is 0 Å². The van der Waals surface area contributed by atoms with Crippen LogP contribution >= 0.6 is 0 Å². The van der Waals surface area contributed by atoms with Crippen molar-refractivity contribution in [3.63, 3.8) is 0 Å². The number of rotatable bonds is 2. The summed E-state index contributed by atoms with van der Waals surface area (Å²) >= 11 is 0. The van der Waals surface area contributed by atoms with Gasteiger partial charge in [0.1, 0.15) is 0 Å². The van der Waals surface area contributed by atoms with Gasteiger partial charge < -0.3 is 5.32 Å². The summed E-state index contributed by atoms with van der Waals surface area (Å²) in [5, 5.41) is 3.13. The van der Waals surface area contributed by atoms with E-state index in [1.165, 1.54) is 5.56 Å². The monoisotopic (exact) mass is 174 g/mol. The molecule has 67 valence electrons. The van der Waals surface area contributed by atoms with Crippen LogP contribution in [0.5, 0.6) is 0 Å². The van der Waals surface area contributed by atoms with Crippen LogP contribution in [0.3, 0.4) is 0 Å². The summed E-state index contributed by atoms with van der Waals surface area (Å²) < 4.78 is 0. The van der Waals surface area contributed by atoms with Crippen molar-refractivity contribution in [1.82, 2.24) is 5.32 Å². The molecule has 2 heteroatoms. The Morgan fingerprint density at radius 1 is 1.31 bits per heavy atom. The number of carbonyl (C=O) groups excluding carboxylic acids is 1. The van der Waals surface area contributed by atoms with E-state index in [9.17, 15) is 4.79 Å². The molecule has 13 heavy (non-hydrogen) atoms. The molecule has 1 aliphatic heterocycles. The highest BCUT2D eigenvalue weighted by Gasteiger charge is 2.27. The molecular weight excluding hydrogens is 162 g/mol. The molecule has 1 aromatic carbocycles. The minimum Gasteiger partial charge on any atom is -0.307 e. The Kier molecular flexibility index (Phi) is 2.41. The third-order valence-corrected chi connectivity index (χ3v) is 2.58.